The Kier molecular flexibility index (Phi) is 9.31. The second-order valence-corrected chi connectivity index (χ2v) is 7.81. The van der Waals surface area contributed by atoms with Gasteiger partial charge in [-0.15, -0.1) is 0 Å². The summed E-state index contributed by atoms with van der Waals surface area (Å²) in [5.74, 6) is -2.08. The van der Waals surface area contributed by atoms with Gasteiger partial charge in [-0.25, -0.2) is 4.79 Å². The van der Waals surface area contributed by atoms with E-state index in [0.717, 1.165) is 31.2 Å². The highest BCUT2D eigenvalue weighted by Crippen LogP contribution is 2.10. The summed E-state index contributed by atoms with van der Waals surface area (Å²) in [5.41, 5.74) is 0.830. The molecule has 0 spiro atoms. The smallest absolute Gasteiger partial charge is 0.408 e. The van der Waals surface area contributed by atoms with Crippen LogP contribution in [0, 0.1) is 5.92 Å². The van der Waals surface area contributed by atoms with Gasteiger partial charge in [0, 0.05) is 6.54 Å². The van der Waals surface area contributed by atoms with Gasteiger partial charge < -0.3 is 20.7 Å². The highest BCUT2D eigenvalue weighted by molar-refractivity contribution is 6.38. The van der Waals surface area contributed by atoms with E-state index in [4.69, 9.17) is 4.74 Å². The second kappa shape index (κ2) is 11.9. The van der Waals surface area contributed by atoms with Gasteiger partial charge in [-0.2, -0.15) is 0 Å². The number of ketones is 1. The maximum absolute atomic E-state index is 12.8. The van der Waals surface area contributed by atoms with E-state index in [1.165, 1.54) is 0 Å². The van der Waals surface area contributed by atoms with Crippen molar-refractivity contribution in [3.63, 3.8) is 0 Å². The SMILES string of the molecule is CC(C)[C@H](NC(=O)OCc1ccccc1)C(=O)N[C@H]1CCCCCCNC(=O)C1=O. The average Bonchev–Trinajstić information content (AvgIpc) is 2.73. The van der Waals surface area contributed by atoms with Crippen LogP contribution in [0.5, 0.6) is 0 Å². The largest absolute Gasteiger partial charge is 0.445 e. The van der Waals surface area contributed by atoms with Crippen molar-refractivity contribution in [3.05, 3.63) is 35.9 Å². The van der Waals surface area contributed by atoms with Gasteiger partial charge in [-0.1, -0.05) is 63.4 Å². The van der Waals surface area contributed by atoms with E-state index in [9.17, 15) is 19.2 Å². The fraction of sp³-hybridized carbons (Fsp3) is 0.545. The molecule has 0 bridgehead atoms. The van der Waals surface area contributed by atoms with Gasteiger partial charge in [0.25, 0.3) is 5.91 Å². The van der Waals surface area contributed by atoms with Crippen LogP contribution in [0.3, 0.4) is 0 Å². The first-order valence-corrected chi connectivity index (χ1v) is 10.5. The average molecular weight is 418 g/mol. The number of nitrogens with one attached hydrogen (secondary N) is 3. The molecule has 8 heteroatoms. The van der Waals surface area contributed by atoms with Gasteiger partial charge in [-0.3, -0.25) is 14.4 Å². The fourth-order valence-corrected chi connectivity index (χ4v) is 3.23. The highest BCUT2D eigenvalue weighted by Gasteiger charge is 2.31. The molecular formula is C22H31N3O5. The molecule has 8 nitrogen and oxygen atoms in total. The number of benzene rings is 1. The summed E-state index contributed by atoms with van der Waals surface area (Å²) in [5, 5.41) is 7.82. The van der Waals surface area contributed by atoms with Crippen molar-refractivity contribution in [1.82, 2.24) is 16.0 Å². The first-order chi connectivity index (χ1) is 14.4. The van der Waals surface area contributed by atoms with Crippen LogP contribution in [-0.2, 0) is 25.7 Å². The first-order valence-electron chi connectivity index (χ1n) is 10.5. The summed E-state index contributed by atoms with van der Waals surface area (Å²) >= 11 is 0. The van der Waals surface area contributed by atoms with Crippen LogP contribution in [0.1, 0.15) is 51.5 Å². The van der Waals surface area contributed by atoms with Gasteiger partial charge in [0.1, 0.15) is 12.6 Å². The summed E-state index contributed by atoms with van der Waals surface area (Å²) in [4.78, 5) is 49.4. The molecule has 3 amide bonds. The predicted molar refractivity (Wildman–Crippen MR) is 111 cm³/mol. The number of alkyl carbamates (subject to hydrolysis) is 1. The van der Waals surface area contributed by atoms with Crippen LogP contribution < -0.4 is 16.0 Å². The summed E-state index contributed by atoms with van der Waals surface area (Å²) < 4.78 is 5.19. The molecule has 1 aromatic rings. The molecule has 1 fully saturated rings. The van der Waals surface area contributed by atoms with E-state index in [-0.39, 0.29) is 12.5 Å². The van der Waals surface area contributed by atoms with E-state index in [2.05, 4.69) is 16.0 Å². The lowest BCUT2D eigenvalue weighted by Gasteiger charge is -2.25. The molecule has 1 heterocycles. The molecule has 164 valence electrons. The van der Waals surface area contributed by atoms with Gasteiger partial charge >= 0.3 is 6.09 Å². The molecule has 0 saturated carbocycles. The Labute approximate surface area is 177 Å². The molecule has 1 saturated heterocycles. The molecule has 1 aliphatic heterocycles. The Balaban J connectivity index is 1.96. The minimum Gasteiger partial charge on any atom is -0.445 e. The van der Waals surface area contributed by atoms with E-state index < -0.39 is 35.8 Å². The lowest BCUT2D eigenvalue weighted by Crippen LogP contribution is -2.55. The van der Waals surface area contributed by atoms with Gasteiger partial charge in [0.2, 0.25) is 11.7 Å². The molecule has 1 aromatic carbocycles. The molecule has 0 aromatic heterocycles. The van der Waals surface area contributed by atoms with Crippen molar-refractivity contribution in [2.75, 3.05) is 6.54 Å². The van der Waals surface area contributed by atoms with Crippen LogP contribution in [0.2, 0.25) is 0 Å². The third-order valence-corrected chi connectivity index (χ3v) is 5.00. The molecule has 0 aliphatic carbocycles. The van der Waals surface area contributed by atoms with Crippen LogP contribution in [0.25, 0.3) is 0 Å². The molecule has 1 aliphatic rings. The Bertz CT molecular complexity index is 736. The topological polar surface area (TPSA) is 114 Å². The number of hydrogen-bond donors (Lipinski definition) is 3. The zero-order valence-electron chi connectivity index (χ0n) is 17.6. The summed E-state index contributed by atoms with van der Waals surface area (Å²) in [7, 11) is 0. The van der Waals surface area contributed by atoms with Crippen LogP contribution in [0.15, 0.2) is 30.3 Å². The molecule has 2 atom stereocenters. The number of ether oxygens (including phenoxy) is 1. The zero-order chi connectivity index (χ0) is 21.9. The van der Waals surface area contributed by atoms with E-state index in [0.29, 0.717) is 13.0 Å². The summed E-state index contributed by atoms with van der Waals surface area (Å²) in [6.45, 7) is 4.10. The van der Waals surface area contributed by atoms with Crippen molar-refractivity contribution in [2.45, 2.75) is 64.6 Å². The van der Waals surface area contributed by atoms with E-state index in [1.807, 2.05) is 30.3 Å². The molecule has 3 N–H and O–H groups in total. The molecule has 2 rings (SSSR count). The number of amides is 3. The van der Waals surface area contributed by atoms with Crippen LogP contribution in [-0.4, -0.2) is 42.3 Å². The number of hydrogen-bond acceptors (Lipinski definition) is 5. The Morgan fingerprint density at radius 1 is 1.10 bits per heavy atom. The lowest BCUT2D eigenvalue weighted by molar-refractivity contribution is -0.140. The maximum Gasteiger partial charge on any atom is 0.408 e. The maximum atomic E-state index is 12.8. The highest BCUT2D eigenvalue weighted by atomic mass is 16.5. The Morgan fingerprint density at radius 2 is 1.80 bits per heavy atom. The summed E-state index contributed by atoms with van der Waals surface area (Å²) in [6.07, 6.45) is 3.12. The third-order valence-electron chi connectivity index (χ3n) is 5.00. The number of Topliss-reactive ketones (excluding diaryl/α,β-unsaturated/α-hetero) is 1. The second-order valence-electron chi connectivity index (χ2n) is 7.81. The monoisotopic (exact) mass is 417 g/mol. The standard InChI is InChI=1S/C22H31N3O5/c1-15(2)18(25-22(29)30-14-16-10-6-5-7-11-16)20(27)24-17-12-8-3-4-9-13-23-21(28)19(17)26/h5-7,10-11,15,17-18H,3-4,8-9,12-14H2,1-2H3,(H,23,28)(H,24,27)(H,25,29)/t17-,18-/m0/s1. The van der Waals surface area contributed by atoms with Gasteiger partial charge in [0.05, 0.1) is 6.04 Å². The Hall–Kier alpha value is -2.90. The van der Waals surface area contributed by atoms with Crippen LogP contribution in [0.4, 0.5) is 4.79 Å². The Morgan fingerprint density at radius 3 is 2.50 bits per heavy atom. The van der Waals surface area contributed by atoms with Gasteiger partial charge in [-0.05, 0) is 24.3 Å². The quantitative estimate of drug-likeness (QED) is 0.613. The van der Waals surface area contributed by atoms with Crippen LogP contribution >= 0.6 is 0 Å². The van der Waals surface area contributed by atoms with Crippen molar-refractivity contribution in [1.29, 1.82) is 0 Å². The predicted octanol–water partition coefficient (Wildman–Crippen LogP) is 2.07. The number of rotatable bonds is 6. The summed E-state index contributed by atoms with van der Waals surface area (Å²) in [6, 6.07) is 7.41. The van der Waals surface area contributed by atoms with Crippen molar-refractivity contribution in [3.8, 4) is 0 Å². The van der Waals surface area contributed by atoms with Gasteiger partial charge in [0.15, 0.2) is 0 Å². The third kappa shape index (κ3) is 7.50. The molecule has 0 unspecified atom stereocenters. The van der Waals surface area contributed by atoms with E-state index >= 15 is 0 Å². The number of carbonyl (C=O) groups excluding carboxylic acids is 4. The minimum absolute atomic E-state index is 0.0837. The minimum atomic E-state index is -0.904. The zero-order valence-corrected chi connectivity index (χ0v) is 17.6. The van der Waals surface area contributed by atoms with Crippen molar-refractivity contribution in [2.24, 2.45) is 5.92 Å². The number of carbonyl (C=O) groups is 4. The fourth-order valence-electron chi connectivity index (χ4n) is 3.23. The van der Waals surface area contributed by atoms with E-state index in [1.54, 1.807) is 13.8 Å². The van der Waals surface area contributed by atoms with Crippen molar-refractivity contribution < 1.29 is 23.9 Å². The lowest BCUT2D eigenvalue weighted by atomic mass is 9.99. The normalized spacial score (nSPS) is 18.8. The van der Waals surface area contributed by atoms with Crippen molar-refractivity contribution >= 4 is 23.7 Å². The molecular weight excluding hydrogens is 386 g/mol. The molecule has 30 heavy (non-hydrogen) atoms. The molecule has 0 radical (unpaired) electrons. The first kappa shape index (κ1) is 23.4.